The van der Waals surface area contributed by atoms with Crippen LogP contribution < -0.4 is 5.32 Å². The molecule has 1 aromatic rings. The minimum absolute atomic E-state index is 0.188. The molecule has 0 radical (unpaired) electrons. The van der Waals surface area contributed by atoms with Crippen molar-refractivity contribution in [3.63, 3.8) is 0 Å². The van der Waals surface area contributed by atoms with Gasteiger partial charge in [-0.15, -0.1) is 0 Å². The maximum Gasteiger partial charge on any atom is 0.219 e. The van der Waals surface area contributed by atoms with Gasteiger partial charge in [-0.05, 0) is 43.5 Å². The second kappa shape index (κ2) is 5.74. The average Bonchev–Trinajstić information content (AvgIpc) is 2.34. The number of hydrogen-bond donors (Lipinski definition) is 1. The fraction of sp³-hybridized carbons (Fsp3) is 0.500. The number of benzene rings is 1. The largest absolute Gasteiger partial charge is 0.382 e. The number of carbonyl (C=O) groups excluding carboxylic acids is 1. The summed E-state index contributed by atoms with van der Waals surface area (Å²) < 4.78 is 1.14. The summed E-state index contributed by atoms with van der Waals surface area (Å²) in [5.74, 6) is 0.188. The van der Waals surface area contributed by atoms with Crippen molar-refractivity contribution in [2.75, 3.05) is 18.4 Å². The molecule has 0 aromatic heterocycles. The number of piperidine rings is 1. The number of aryl methyl sites for hydroxylation is 1. The molecule has 1 aromatic carbocycles. The molecule has 0 saturated carbocycles. The Balaban J connectivity index is 1.91. The van der Waals surface area contributed by atoms with Gasteiger partial charge in [-0.2, -0.15) is 0 Å². The Labute approximate surface area is 117 Å². The molecule has 0 aliphatic carbocycles. The zero-order chi connectivity index (χ0) is 13.1. The zero-order valence-corrected chi connectivity index (χ0v) is 12.5. The van der Waals surface area contributed by atoms with Crippen LogP contribution in [0.3, 0.4) is 0 Å². The number of rotatable bonds is 2. The van der Waals surface area contributed by atoms with Gasteiger partial charge in [0.1, 0.15) is 0 Å². The highest BCUT2D eigenvalue weighted by molar-refractivity contribution is 9.10. The topological polar surface area (TPSA) is 32.3 Å². The van der Waals surface area contributed by atoms with Crippen molar-refractivity contribution in [3.8, 4) is 0 Å². The van der Waals surface area contributed by atoms with Crippen LogP contribution in [-0.4, -0.2) is 29.9 Å². The van der Waals surface area contributed by atoms with E-state index in [2.05, 4.69) is 46.4 Å². The first-order valence-corrected chi connectivity index (χ1v) is 7.14. The van der Waals surface area contributed by atoms with Crippen molar-refractivity contribution < 1.29 is 4.79 Å². The van der Waals surface area contributed by atoms with Gasteiger partial charge in [-0.1, -0.05) is 15.9 Å². The lowest BCUT2D eigenvalue weighted by Gasteiger charge is -2.32. The summed E-state index contributed by atoms with van der Waals surface area (Å²) in [7, 11) is 0. The van der Waals surface area contributed by atoms with Crippen LogP contribution in [-0.2, 0) is 4.79 Å². The summed E-state index contributed by atoms with van der Waals surface area (Å²) in [6.07, 6.45) is 2.05. The molecule has 0 unspecified atom stereocenters. The number of amides is 1. The predicted octanol–water partition coefficient (Wildman–Crippen LogP) is 3.18. The first-order valence-electron chi connectivity index (χ1n) is 6.34. The molecule has 1 saturated heterocycles. The highest BCUT2D eigenvalue weighted by Gasteiger charge is 2.20. The predicted molar refractivity (Wildman–Crippen MR) is 77.8 cm³/mol. The Bertz CT molecular complexity index is 439. The lowest BCUT2D eigenvalue weighted by Crippen LogP contribution is -2.41. The van der Waals surface area contributed by atoms with Gasteiger partial charge in [0, 0.05) is 36.2 Å². The van der Waals surface area contributed by atoms with Crippen LogP contribution in [0.1, 0.15) is 25.3 Å². The Morgan fingerprint density at radius 1 is 1.39 bits per heavy atom. The van der Waals surface area contributed by atoms with Gasteiger partial charge in [0.15, 0.2) is 0 Å². The van der Waals surface area contributed by atoms with Crippen LogP contribution in [0.2, 0.25) is 0 Å². The summed E-state index contributed by atoms with van der Waals surface area (Å²) in [5.41, 5.74) is 2.40. The van der Waals surface area contributed by atoms with Crippen LogP contribution in [0.25, 0.3) is 0 Å². The second-order valence-electron chi connectivity index (χ2n) is 4.89. The molecule has 1 aliphatic rings. The molecule has 4 heteroatoms. The fourth-order valence-corrected chi connectivity index (χ4v) is 2.56. The van der Waals surface area contributed by atoms with Gasteiger partial charge >= 0.3 is 0 Å². The molecular weight excluding hydrogens is 292 g/mol. The van der Waals surface area contributed by atoms with E-state index in [9.17, 15) is 4.79 Å². The number of carbonyl (C=O) groups is 1. The molecule has 2 rings (SSSR count). The zero-order valence-electron chi connectivity index (χ0n) is 10.9. The minimum atomic E-state index is 0.188. The fourth-order valence-electron chi connectivity index (χ4n) is 2.31. The van der Waals surface area contributed by atoms with Crippen molar-refractivity contribution in [2.24, 2.45) is 0 Å². The van der Waals surface area contributed by atoms with E-state index in [0.29, 0.717) is 6.04 Å². The van der Waals surface area contributed by atoms with Crippen molar-refractivity contribution >= 4 is 27.5 Å². The lowest BCUT2D eigenvalue weighted by atomic mass is 10.0. The number of hydrogen-bond acceptors (Lipinski definition) is 2. The van der Waals surface area contributed by atoms with Crippen molar-refractivity contribution in [1.29, 1.82) is 0 Å². The summed E-state index contributed by atoms with van der Waals surface area (Å²) >= 11 is 3.51. The molecule has 1 fully saturated rings. The molecule has 1 heterocycles. The number of likely N-dealkylation sites (tertiary alicyclic amines) is 1. The first kappa shape index (κ1) is 13.4. The van der Waals surface area contributed by atoms with Gasteiger partial charge < -0.3 is 10.2 Å². The van der Waals surface area contributed by atoms with E-state index in [4.69, 9.17) is 0 Å². The number of nitrogens with zero attached hydrogens (tertiary/aromatic N) is 1. The monoisotopic (exact) mass is 310 g/mol. The molecule has 1 amide bonds. The number of nitrogens with one attached hydrogen (secondary N) is 1. The van der Waals surface area contributed by atoms with E-state index >= 15 is 0 Å². The Hall–Kier alpha value is -1.03. The quantitative estimate of drug-likeness (QED) is 0.910. The molecular formula is C14H19BrN2O. The average molecular weight is 311 g/mol. The van der Waals surface area contributed by atoms with Crippen LogP contribution in [0.15, 0.2) is 22.7 Å². The lowest BCUT2D eigenvalue weighted by molar-refractivity contribution is -0.129. The van der Waals surface area contributed by atoms with E-state index in [1.807, 2.05) is 4.90 Å². The maximum absolute atomic E-state index is 11.2. The van der Waals surface area contributed by atoms with Gasteiger partial charge in [0.25, 0.3) is 0 Å². The summed E-state index contributed by atoms with van der Waals surface area (Å²) in [6.45, 7) is 5.46. The van der Waals surface area contributed by atoms with Crippen LogP contribution >= 0.6 is 15.9 Å². The van der Waals surface area contributed by atoms with Crippen LogP contribution in [0, 0.1) is 6.92 Å². The van der Waals surface area contributed by atoms with Gasteiger partial charge in [-0.25, -0.2) is 0 Å². The summed E-state index contributed by atoms with van der Waals surface area (Å²) in [5, 5.41) is 3.55. The third kappa shape index (κ3) is 3.25. The van der Waals surface area contributed by atoms with Gasteiger partial charge in [-0.3, -0.25) is 4.79 Å². The molecule has 0 atom stereocenters. The van der Waals surface area contributed by atoms with E-state index in [0.717, 1.165) is 36.1 Å². The van der Waals surface area contributed by atoms with Crippen molar-refractivity contribution in [3.05, 3.63) is 28.2 Å². The maximum atomic E-state index is 11.2. The van der Waals surface area contributed by atoms with E-state index < -0.39 is 0 Å². The SMILES string of the molecule is CC(=O)N1CCC(Nc2ccc(Br)c(C)c2)CC1. The number of halogens is 1. The molecule has 98 valence electrons. The first-order chi connectivity index (χ1) is 8.56. The molecule has 18 heavy (non-hydrogen) atoms. The van der Waals surface area contributed by atoms with Crippen molar-refractivity contribution in [2.45, 2.75) is 32.7 Å². The van der Waals surface area contributed by atoms with E-state index in [-0.39, 0.29) is 5.91 Å². The van der Waals surface area contributed by atoms with E-state index in [1.165, 1.54) is 5.56 Å². The highest BCUT2D eigenvalue weighted by Crippen LogP contribution is 2.22. The normalized spacial score (nSPS) is 16.7. The molecule has 1 N–H and O–H groups in total. The third-order valence-electron chi connectivity index (χ3n) is 3.47. The van der Waals surface area contributed by atoms with Crippen LogP contribution in [0.5, 0.6) is 0 Å². The van der Waals surface area contributed by atoms with Crippen LogP contribution in [0.4, 0.5) is 5.69 Å². The Morgan fingerprint density at radius 2 is 2.06 bits per heavy atom. The summed E-state index contributed by atoms with van der Waals surface area (Å²) in [6, 6.07) is 6.79. The highest BCUT2D eigenvalue weighted by atomic mass is 79.9. The van der Waals surface area contributed by atoms with Crippen molar-refractivity contribution in [1.82, 2.24) is 4.90 Å². The molecule has 0 spiro atoms. The van der Waals surface area contributed by atoms with E-state index in [1.54, 1.807) is 6.92 Å². The standard InChI is InChI=1S/C14H19BrN2O/c1-10-9-13(3-4-14(10)15)16-12-5-7-17(8-6-12)11(2)18/h3-4,9,12,16H,5-8H2,1-2H3. The van der Waals surface area contributed by atoms with Gasteiger partial charge in [0.2, 0.25) is 5.91 Å². The Morgan fingerprint density at radius 3 is 2.61 bits per heavy atom. The number of anilines is 1. The smallest absolute Gasteiger partial charge is 0.219 e. The summed E-state index contributed by atoms with van der Waals surface area (Å²) in [4.78, 5) is 13.2. The van der Waals surface area contributed by atoms with Gasteiger partial charge in [0.05, 0.1) is 0 Å². The molecule has 0 bridgehead atoms. The second-order valence-corrected chi connectivity index (χ2v) is 5.74. The molecule has 1 aliphatic heterocycles. The Kier molecular flexibility index (Phi) is 4.27. The molecule has 3 nitrogen and oxygen atoms in total. The third-order valence-corrected chi connectivity index (χ3v) is 4.36. The minimum Gasteiger partial charge on any atom is -0.382 e.